The first kappa shape index (κ1) is 14.6. The van der Waals surface area contributed by atoms with E-state index >= 15 is 0 Å². The normalized spacial score (nSPS) is 11.4. The van der Waals surface area contributed by atoms with Crippen LogP contribution in [0.3, 0.4) is 0 Å². The maximum Gasteiger partial charge on any atom is 0.228 e. The van der Waals surface area contributed by atoms with Crippen molar-refractivity contribution in [1.82, 2.24) is 9.78 Å². The summed E-state index contributed by atoms with van der Waals surface area (Å²) in [4.78, 5) is 0. The van der Waals surface area contributed by atoms with Gasteiger partial charge in [0.15, 0.2) is 0 Å². The molecule has 2 aromatic carbocycles. The van der Waals surface area contributed by atoms with E-state index in [1.165, 1.54) is 0 Å². The highest BCUT2D eigenvalue weighted by Gasteiger charge is 2.28. The van der Waals surface area contributed by atoms with Crippen LogP contribution in [0.15, 0.2) is 66.7 Å². The van der Waals surface area contributed by atoms with E-state index < -0.39 is 7.29 Å². The number of nitrogens with one attached hydrogen (secondary N) is 1. The lowest BCUT2D eigenvalue weighted by atomic mass is 10.4. The van der Waals surface area contributed by atoms with E-state index in [0.717, 1.165) is 22.1 Å². The van der Waals surface area contributed by atoms with Crippen molar-refractivity contribution >= 4 is 23.7 Å². The predicted octanol–water partition coefficient (Wildman–Crippen LogP) is 3.07. The highest BCUT2D eigenvalue weighted by molar-refractivity contribution is 7.80. The standard InChI is InChI=1S/C17H18N3OP/c1-14-13-17(20(2)18-14)19-22(21,15-9-5-3-6-10-15)16-11-7-4-8-12-16/h3-13H,1-2H3,(H,19,21). The molecular formula is C17H18N3OP. The largest absolute Gasteiger partial charge is 0.314 e. The summed E-state index contributed by atoms with van der Waals surface area (Å²) in [5.41, 5.74) is 0.887. The van der Waals surface area contributed by atoms with Crippen molar-refractivity contribution in [2.75, 3.05) is 5.09 Å². The fourth-order valence-electron chi connectivity index (χ4n) is 2.43. The summed E-state index contributed by atoms with van der Waals surface area (Å²) in [7, 11) is -1.13. The highest BCUT2D eigenvalue weighted by Crippen LogP contribution is 2.43. The molecule has 0 atom stereocenters. The van der Waals surface area contributed by atoms with Gasteiger partial charge >= 0.3 is 0 Å². The van der Waals surface area contributed by atoms with Crippen LogP contribution in [0.4, 0.5) is 5.82 Å². The smallest absolute Gasteiger partial charge is 0.228 e. The van der Waals surface area contributed by atoms with E-state index in [2.05, 4.69) is 10.2 Å². The third-order valence-electron chi connectivity index (χ3n) is 3.51. The topological polar surface area (TPSA) is 46.9 Å². The molecule has 5 heteroatoms. The van der Waals surface area contributed by atoms with E-state index in [-0.39, 0.29) is 0 Å². The van der Waals surface area contributed by atoms with Crippen molar-refractivity contribution in [1.29, 1.82) is 0 Å². The Morgan fingerprint density at radius 2 is 1.45 bits per heavy atom. The van der Waals surface area contributed by atoms with Gasteiger partial charge in [0.1, 0.15) is 5.82 Å². The summed E-state index contributed by atoms with van der Waals surface area (Å²) >= 11 is 0. The fourth-order valence-corrected chi connectivity index (χ4v) is 4.70. The summed E-state index contributed by atoms with van der Waals surface area (Å²) in [5.74, 6) is 0.744. The number of hydrogen-bond acceptors (Lipinski definition) is 2. The van der Waals surface area contributed by atoms with Crippen LogP contribution in [0.2, 0.25) is 0 Å². The minimum absolute atomic E-state index is 0.744. The van der Waals surface area contributed by atoms with Gasteiger partial charge in [-0.3, -0.25) is 9.25 Å². The molecule has 0 amide bonds. The first-order chi connectivity index (χ1) is 10.6. The molecule has 0 bridgehead atoms. The molecular weight excluding hydrogens is 293 g/mol. The van der Waals surface area contributed by atoms with Gasteiger partial charge in [-0.1, -0.05) is 36.4 Å². The molecule has 0 spiro atoms. The van der Waals surface area contributed by atoms with Crippen LogP contribution in [-0.2, 0) is 11.6 Å². The lowest BCUT2D eigenvalue weighted by Crippen LogP contribution is -2.22. The number of aromatic nitrogens is 2. The molecule has 1 N–H and O–H groups in total. The second-order valence-corrected chi connectivity index (χ2v) is 7.66. The molecule has 4 nitrogen and oxygen atoms in total. The SMILES string of the molecule is Cc1cc(NP(=O)(c2ccccc2)c2ccccc2)n(C)n1. The van der Waals surface area contributed by atoms with E-state index in [0.29, 0.717) is 0 Å². The average molecular weight is 311 g/mol. The Balaban J connectivity index is 2.12. The van der Waals surface area contributed by atoms with Gasteiger partial charge in [0, 0.05) is 23.7 Å². The first-order valence-corrected chi connectivity index (χ1v) is 8.80. The van der Waals surface area contributed by atoms with Crippen molar-refractivity contribution in [3.8, 4) is 0 Å². The van der Waals surface area contributed by atoms with Gasteiger partial charge in [0.05, 0.1) is 5.69 Å². The number of hydrogen-bond donors (Lipinski definition) is 1. The third kappa shape index (κ3) is 2.70. The van der Waals surface area contributed by atoms with E-state index in [1.807, 2.05) is 80.7 Å². The van der Waals surface area contributed by atoms with E-state index in [9.17, 15) is 4.57 Å². The lowest BCUT2D eigenvalue weighted by Gasteiger charge is -2.21. The van der Waals surface area contributed by atoms with Gasteiger partial charge in [0.25, 0.3) is 0 Å². The molecule has 0 saturated heterocycles. The minimum atomic E-state index is -2.97. The molecule has 112 valence electrons. The molecule has 0 aliphatic carbocycles. The predicted molar refractivity (Wildman–Crippen MR) is 91.3 cm³/mol. The molecule has 22 heavy (non-hydrogen) atoms. The Kier molecular flexibility index (Phi) is 3.86. The number of anilines is 1. The van der Waals surface area contributed by atoms with Crippen LogP contribution in [0.25, 0.3) is 0 Å². The van der Waals surface area contributed by atoms with Crippen LogP contribution < -0.4 is 15.7 Å². The zero-order valence-electron chi connectivity index (χ0n) is 12.6. The maximum absolute atomic E-state index is 13.8. The molecule has 1 heterocycles. The summed E-state index contributed by atoms with van der Waals surface area (Å²) in [6.07, 6.45) is 0. The summed E-state index contributed by atoms with van der Waals surface area (Å²) < 4.78 is 15.5. The Bertz CT molecular complexity index is 769. The van der Waals surface area contributed by atoms with Crippen molar-refractivity contribution in [3.63, 3.8) is 0 Å². The molecule has 0 saturated carbocycles. The summed E-state index contributed by atoms with van der Waals surface area (Å²) in [6.45, 7) is 1.92. The number of rotatable bonds is 4. The van der Waals surface area contributed by atoms with Crippen LogP contribution in [0.1, 0.15) is 5.69 Å². The van der Waals surface area contributed by atoms with Gasteiger partial charge in [0.2, 0.25) is 7.29 Å². The zero-order valence-corrected chi connectivity index (χ0v) is 13.5. The zero-order chi connectivity index (χ0) is 15.6. The molecule has 0 radical (unpaired) electrons. The maximum atomic E-state index is 13.8. The number of aryl methyl sites for hydroxylation is 2. The molecule has 1 aromatic heterocycles. The van der Waals surface area contributed by atoms with Crippen LogP contribution in [-0.4, -0.2) is 9.78 Å². The molecule has 0 aliphatic rings. The minimum Gasteiger partial charge on any atom is -0.314 e. The van der Waals surface area contributed by atoms with Crippen LogP contribution in [0.5, 0.6) is 0 Å². The van der Waals surface area contributed by atoms with E-state index in [4.69, 9.17) is 0 Å². The Hall–Kier alpha value is -2.32. The van der Waals surface area contributed by atoms with Gasteiger partial charge < -0.3 is 5.09 Å². The quantitative estimate of drug-likeness (QED) is 0.753. The van der Waals surface area contributed by atoms with Gasteiger partial charge in [-0.2, -0.15) is 5.10 Å². The van der Waals surface area contributed by atoms with Crippen LogP contribution in [0, 0.1) is 6.92 Å². The number of nitrogens with zero attached hydrogens (tertiary/aromatic N) is 2. The number of benzene rings is 2. The second-order valence-electron chi connectivity index (χ2n) is 5.19. The van der Waals surface area contributed by atoms with Crippen molar-refractivity contribution in [3.05, 3.63) is 72.4 Å². The van der Waals surface area contributed by atoms with Crippen molar-refractivity contribution in [2.45, 2.75) is 6.92 Å². The molecule has 3 aromatic rings. The van der Waals surface area contributed by atoms with Crippen molar-refractivity contribution < 1.29 is 4.57 Å². The summed E-state index contributed by atoms with van der Waals surface area (Å²) in [6, 6.07) is 20.9. The Labute approximate surface area is 130 Å². The Morgan fingerprint density at radius 3 is 1.86 bits per heavy atom. The molecule has 0 fully saturated rings. The fraction of sp³-hybridized carbons (Fsp3) is 0.118. The molecule has 0 unspecified atom stereocenters. The molecule has 3 rings (SSSR count). The third-order valence-corrected chi connectivity index (χ3v) is 6.11. The van der Waals surface area contributed by atoms with Crippen LogP contribution >= 0.6 is 7.29 Å². The highest BCUT2D eigenvalue weighted by atomic mass is 31.2. The molecule has 0 aliphatic heterocycles. The first-order valence-electron chi connectivity index (χ1n) is 7.10. The summed E-state index contributed by atoms with van der Waals surface area (Å²) in [5, 5.41) is 9.10. The van der Waals surface area contributed by atoms with Gasteiger partial charge in [-0.05, 0) is 31.2 Å². The lowest BCUT2D eigenvalue weighted by molar-refractivity contribution is 0.589. The Morgan fingerprint density at radius 1 is 0.955 bits per heavy atom. The van der Waals surface area contributed by atoms with Crippen molar-refractivity contribution in [2.24, 2.45) is 7.05 Å². The van der Waals surface area contributed by atoms with Gasteiger partial charge in [-0.15, -0.1) is 0 Å². The monoisotopic (exact) mass is 311 g/mol. The second kappa shape index (κ2) is 5.82. The average Bonchev–Trinajstić information content (AvgIpc) is 2.86. The van der Waals surface area contributed by atoms with Gasteiger partial charge in [-0.25, -0.2) is 0 Å². The van der Waals surface area contributed by atoms with E-state index in [1.54, 1.807) is 4.68 Å².